The van der Waals surface area contributed by atoms with Crippen LogP contribution >= 0.6 is 0 Å². The number of hydrogen-bond acceptors (Lipinski definition) is 4. The Morgan fingerprint density at radius 2 is 2.14 bits per heavy atom. The topological polar surface area (TPSA) is 50.4 Å². The van der Waals surface area contributed by atoms with Gasteiger partial charge in [0.1, 0.15) is 6.04 Å². The first-order valence-corrected chi connectivity index (χ1v) is 4.16. The van der Waals surface area contributed by atoms with Crippen LogP contribution < -0.4 is 10.6 Å². The Balaban J connectivity index is 2.27. The highest BCUT2D eigenvalue weighted by atomic mass is 19.4. The van der Waals surface area contributed by atoms with Gasteiger partial charge in [0, 0.05) is 19.6 Å². The van der Waals surface area contributed by atoms with Gasteiger partial charge in [0.25, 0.3) is 0 Å². The van der Waals surface area contributed by atoms with E-state index in [0.29, 0.717) is 19.6 Å². The zero-order valence-corrected chi connectivity index (χ0v) is 7.36. The summed E-state index contributed by atoms with van der Waals surface area (Å²) in [6.45, 7) is 0.0234. The number of rotatable bonds is 2. The largest absolute Gasteiger partial charge is 0.455 e. The number of halogens is 3. The third-order valence-electron chi connectivity index (χ3n) is 1.70. The van der Waals surface area contributed by atoms with Crippen molar-refractivity contribution in [2.75, 3.05) is 26.2 Å². The fourth-order valence-electron chi connectivity index (χ4n) is 1.07. The molecule has 7 heteroatoms. The molecule has 1 heterocycles. The minimum atomic E-state index is -4.46. The van der Waals surface area contributed by atoms with Gasteiger partial charge in [0.15, 0.2) is 6.61 Å². The van der Waals surface area contributed by atoms with Crippen LogP contribution in [0, 0.1) is 0 Å². The molecule has 1 atom stereocenters. The molecular formula is C7H11F3N2O2. The van der Waals surface area contributed by atoms with Crippen LogP contribution in [0.5, 0.6) is 0 Å². The number of ether oxygens (including phenoxy) is 1. The van der Waals surface area contributed by atoms with E-state index in [1.807, 2.05) is 0 Å². The van der Waals surface area contributed by atoms with E-state index >= 15 is 0 Å². The summed E-state index contributed by atoms with van der Waals surface area (Å²) in [5.41, 5.74) is 0. The van der Waals surface area contributed by atoms with Gasteiger partial charge in [-0.15, -0.1) is 0 Å². The van der Waals surface area contributed by atoms with Crippen LogP contribution in [-0.2, 0) is 9.53 Å². The number of esters is 1. The Labute approximate surface area is 78.8 Å². The van der Waals surface area contributed by atoms with E-state index in [1.54, 1.807) is 0 Å². The molecule has 1 unspecified atom stereocenters. The molecule has 0 amide bonds. The van der Waals surface area contributed by atoms with E-state index in [4.69, 9.17) is 0 Å². The van der Waals surface area contributed by atoms with Gasteiger partial charge >= 0.3 is 12.1 Å². The number of nitrogens with one attached hydrogen (secondary N) is 2. The summed E-state index contributed by atoms with van der Waals surface area (Å²) >= 11 is 0. The van der Waals surface area contributed by atoms with Crippen molar-refractivity contribution in [1.29, 1.82) is 0 Å². The molecule has 1 aliphatic rings. The zero-order valence-electron chi connectivity index (χ0n) is 7.36. The van der Waals surface area contributed by atoms with Crippen LogP contribution in [0.25, 0.3) is 0 Å². The van der Waals surface area contributed by atoms with Gasteiger partial charge in [0.05, 0.1) is 0 Å². The monoisotopic (exact) mass is 212 g/mol. The molecule has 0 aromatic rings. The van der Waals surface area contributed by atoms with Gasteiger partial charge in [-0.05, 0) is 0 Å². The molecule has 0 aliphatic carbocycles. The summed E-state index contributed by atoms with van der Waals surface area (Å²) in [7, 11) is 0. The summed E-state index contributed by atoms with van der Waals surface area (Å²) < 4.78 is 39.1. The second-order valence-electron chi connectivity index (χ2n) is 2.93. The zero-order chi connectivity index (χ0) is 10.6. The molecule has 0 saturated carbocycles. The molecular weight excluding hydrogens is 201 g/mol. The SMILES string of the molecule is O=C(OCC(F)(F)F)C1CNCCN1. The van der Waals surface area contributed by atoms with Crippen LogP contribution in [0.1, 0.15) is 0 Å². The summed E-state index contributed by atoms with van der Waals surface area (Å²) in [6.07, 6.45) is -4.46. The average molecular weight is 212 g/mol. The Kier molecular flexibility index (Phi) is 3.70. The Morgan fingerprint density at radius 3 is 2.64 bits per heavy atom. The summed E-state index contributed by atoms with van der Waals surface area (Å²) in [6, 6.07) is -0.675. The van der Waals surface area contributed by atoms with Crippen LogP contribution in [0.2, 0.25) is 0 Å². The predicted octanol–water partition coefficient (Wildman–Crippen LogP) is -0.347. The van der Waals surface area contributed by atoms with Gasteiger partial charge in [0.2, 0.25) is 0 Å². The smallest absolute Gasteiger partial charge is 0.422 e. The highest BCUT2D eigenvalue weighted by molar-refractivity contribution is 5.76. The van der Waals surface area contributed by atoms with Crippen molar-refractivity contribution in [3.05, 3.63) is 0 Å². The lowest BCUT2D eigenvalue weighted by Gasteiger charge is -2.22. The molecule has 14 heavy (non-hydrogen) atoms. The second kappa shape index (κ2) is 4.61. The fourth-order valence-corrected chi connectivity index (χ4v) is 1.07. The number of carbonyl (C=O) groups is 1. The van der Waals surface area contributed by atoms with E-state index in [-0.39, 0.29) is 0 Å². The first-order valence-electron chi connectivity index (χ1n) is 4.16. The molecule has 0 bridgehead atoms. The molecule has 0 aromatic heterocycles. The number of alkyl halides is 3. The summed E-state index contributed by atoms with van der Waals surface area (Å²) in [4.78, 5) is 11.0. The second-order valence-corrected chi connectivity index (χ2v) is 2.93. The molecule has 1 saturated heterocycles. The van der Waals surface area contributed by atoms with Crippen molar-refractivity contribution >= 4 is 5.97 Å². The highest BCUT2D eigenvalue weighted by Gasteiger charge is 2.31. The lowest BCUT2D eigenvalue weighted by atomic mass is 10.2. The Hall–Kier alpha value is -0.820. The van der Waals surface area contributed by atoms with E-state index in [2.05, 4.69) is 15.4 Å². The highest BCUT2D eigenvalue weighted by Crippen LogP contribution is 2.14. The van der Waals surface area contributed by atoms with Crippen molar-refractivity contribution in [3.63, 3.8) is 0 Å². The van der Waals surface area contributed by atoms with Crippen molar-refractivity contribution in [2.24, 2.45) is 0 Å². The fraction of sp³-hybridized carbons (Fsp3) is 0.857. The minimum Gasteiger partial charge on any atom is -0.455 e. The van der Waals surface area contributed by atoms with Gasteiger partial charge < -0.3 is 15.4 Å². The quantitative estimate of drug-likeness (QED) is 0.614. The summed E-state index contributed by atoms with van der Waals surface area (Å²) in [5.74, 6) is -0.866. The normalized spacial score (nSPS) is 23.2. The van der Waals surface area contributed by atoms with Crippen molar-refractivity contribution in [2.45, 2.75) is 12.2 Å². The molecule has 1 aliphatic heterocycles. The van der Waals surface area contributed by atoms with E-state index in [1.165, 1.54) is 0 Å². The first kappa shape index (κ1) is 11.3. The van der Waals surface area contributed by atoms with Crippen LogP contribution in [0.15, 0.2) is 0 Å². The molecule has 0 spiro atoms. The molecule has 1 fully saturated rings. The van der Waals surface area contributed by atoms with Crippen molar-refractivity contribution in [1.82, 2.24) is 10.6 Å². The Bertz CT molecular complexity index is 202. The average Bonchev–Trinajstić information content (AvgIpc) is 2.14. The molecule has 0 aromatic carbocycles. The van der Waals surface area contributed by atoms with Gasteiger partial charge in [-0.3, -0.25) is 4.79 Å². The third kappa shape index (κ3) is 3.93. The first-order chi connectivity index (χ1) is 6.49. The van der Waals surface area contributed by atoms with Gasteiger partial charge in [-0.1, -0.05) is 0 Å². The molecule has 0 radical (unpaired) electrons. The van der Waals surface area contributed by atoms with Crippen LogP contribution in [-0.4, -0.2) is 44.4 Å². The number of carbonyl (C=O) groups excluding carboxylic acids is 1. The summed E-state index contributed by atoms with van der Waals surface area (Å²) in [5, 5.41) is 5.62. The lowest BCUT2D eigenvalue weighted by molar-refractivity contribution is -0.187. The van der Waals surface area contributed by atoms with Gasteiger partial charge in [-0.2, -0.15) is 13.2 Å². The molecule has 2 N–H and O–H groups in total. The maximum atomic E-state index is 11.7. The Morgan fingerprint density at radius 1 is 1.43 bits per heavy atom. The predicted molar refractivity (Wildman–Crippen MR) is 41.7 cm³/mol. The molecule has 82 valence electrons. The van der Waals surface area contributed by atoms with Crippen molar-refractivity contribution < 1.29 is 22.7 Å². The maximum Gasteiger partial charge on any atom is 0.422 e. The third-order valence-corrected chi connectivity index (χ3v) is 1.70. The van der Waals surface area contributed by atoms with Crippen molar-refractivity contribution in [3.8, 4) is 0 Å². The maximum absolute atomic E-state index is 11.7. The standard InChI is InChI=1S/C7H11F3N2O2/c8-7(9,10)4-14-6(13)5-3-11-1-2-12-5/h5,11-12H,1-4H2. The number of hydrogen-bond donors (Lipinski definition) is 2. The lowest BCUT2D eigenvalue weighted by Crippen LogP contribution is -2.53. The molecule has 1 rings (SSSR count). The van der Waals surface area contributed by atoms with Crippen LogP contribution in [0.4, 0.5) is 13.2 Å². The minimum absolute atomic E-state index is 0.302. The number of piperazine rings is 1. The van der Waals surface area contributed by atoms with E-state index < -0.39 is 24.8 Å². The van der Waals surface area contributed by atoms with Gasteiger partial charge in [-0.25, -0.2) is 0 Å². The van der Waals surface area contributed by atoms with E-state index in [9.17, 15) is 18.0 Å². The molecule has 4 nitrogen and oxygen atoms in total. The van der Waals surface area contributed by atoms with E-state index in [0.717, 1.165) is 0 Å². The van der Waals surface area contributed by atoms with Crippen LogP contribution in [0.3, 0.4) is 0 Å².